The van der Waals surface area contributed by atoms with Gasteiger partial charge in [0.1, 0.15) is 0 Å². The lowest BCUT2D eigenvalue weighted by molar-refractivity contribution is -0.131. The molecule has 0 aliphatic rings. The van der Waals surface area contributed by atoms with E-state index in [9.17, 15) is 14.4 Å². The topological polar surface area (TPSA) is 75.7 Å². The Morgan fingerprint density at radius 3 is 2.32 bits per heavy atom. The zero-order valence-electron chi connectivity index (χ0n) is 16.5. The van der Waals surface area contributed by atoms with Gasteiger partial charge in [-0.2, -0.15) is 0 Å². The van der Waals surface area contributed by atoms with Crippen LogP contribution < -0.4 is 5.32 Å². The van der Waals surface area contributed by atoms with Gasteiger partial charge in [-0.3, -0.25) is 9.59 Å². The summed E-state index contributed by atoms with van der Waals surface area (Å²) in [5.41, 5.74) is 1.71. The van der Waals surface area contributed by atoms with E-state index in [-0.39, 0.29) is 37.4 Å². The molecule has 148 valence electrons. The van der Waals surface area contributed by atoms with E-state index in [1.54, 1.807) is 36.1 Å². The van der Waals surface area contributed by atoms with Gasteiger partial charge < -0.3 is 15.0 Å². The SMILES string of the molecule is CCOC(=O)c1ccccc1NC(=O)CCN(C(C)=O)C(C)c1ccccc1. The number of amides is 2. The maximum absolute atomic E-state index is 12.4. The molecule has 28 heavy (non-hydrogen) atoms. The van der Waals surface area contributed by atoms with Crippen LogP contribution in [0.3, 0.4) is 0 Å². The van der Waals surface area contributed by atoms with Crippen molar-refractivity contribution < 1.29 is 19.1 Å². The number of ether oxygens (including phenoxy) is 1. The molecule has 0 spiro atoms. The number of benzene rings is 2. The van der Waals surface area contributed by atoms with Crippen molar-refractivity contribution in [3.05, 3.63) is 65.7 Å². The quantitative estimate of drug-likeness (QED) is 0.705. The third-order valence-corrected chi connectivity index (χ3v) is 4.43. The van der Waals surface area contributed by atoms with Gasteiger partial charge >= 0.3 is 5.97 Å². The van der Waals surface area contributed by atoms with Gasteiger partial charge in [-0.25, -0.2) is 4.79 Å². The summed E-state index contributed by atoms with van der Waals surface area (Å²) in [7, 11) is 0. The molecule has 0 fully saturated rings. The maximum Gasteiger partial charge on any atom is 0.340 e. The molecular weight excluding hydrogens is 356 g/mol. The number of carbonyl (C=O) groups is 3. The molecule has 0 saturated heterocycles. The van der Waals surface area contributed by atoms with Crippen LogP contribution in [0.2, 0.25) is 0 Å². The molecule has 2 rings (SSSR count). The Kier molecular flexibility index (Phi) is 7.75. The summed E-state index contributed by atoms with van der Waals surface area (Å²) in [5.74, 6) is -0.860. The van der Waals surface area contributed by atoms with Gasteiger partial charge in [0, 0.05) is 19.9 Å². The molecule has 0 aromatic heterocycles. The van der Waals surface area contributed by atoms with E-state index in [0.29, 0.717) is 11.3 Å². The van der Waals surface area contributed by atoms with Crippen LogP contribution in [-0.4, -0.2) is 35.8 Å². The van der Waals surface area contributed by atoms with Crippen LogP contribution >= 0.6 is 0 Å². The summed E-state index contributed by atoms with van der Waals surface area (Å²) in [6, 6.07) is 16.2. The Bertz CT molecular complexity index is 820. The monoisotopic (exact) mass is 382 g/mol. The zero-order chi connectivity index (χ0) is 20.5. The summed E-state index contributed by atoms with van der Waals surface area (Å²) < 4.78 is 5.02. The summed E-state index contributed by atoms with van der Waals surface area (Å²) in [5, 5.41) is 2.75. The molecule has 0 aliphatic carbocycles. The van der Waals surface area contributed by atoms with E-state index in [1.165, 1.54) is 6.92 Å². The van der Waals surface area contributed by atoms with Gasteiger partial charge in [-0.1, -0.05) is 42.5 Å². The number of nitrogens with one attached hydrogen (secondary N) is 1. The largest absolute Gasteiger partial charge is 0.462 e. The van der Waals surface area contributed by atoms with E-state index in [1.807, 2.05) is 37.3 Å². The van der Waals surface area contributed by atoms with E-state index in [2.05, 4.69) is 5.32 Å². The summed E-state index contributed by atoms with van der Waals surface area (Å²) in [6.45, 7) is 5.69. The second kappa shape index (κ2) is 10.3. The van der Waals surface area contributed by atoms with Crippen molar-refractivity contribution >= 4 is 23.5 Å². The molecule has 0 bridgehead atoms. The molecule has 2 amide bonds. The molecule has 6 heteroatoms. The molecule has 2 aromatic rings. The van der Waals surface area contributed by atoms with Crippen molar-refractivity contribution in [2.24, 2.45) is 0 Å². The minimum absolute atomic E-state index is 0.101. The number of hydrogen-bond acceptors (Lipinski definition) is 4. The summed E-state index contributed by atoms with van der Waals surface area (Å²) in [4.78, 5) is 38.2. The average molecular weight is 382 g/mol. The van der Waals surface area contributed by atoms with Crippen LogP contribution in [0, 0.1) is 0 Å². The fourth-order valence-corrected chi connectivity index (χ4v) is 2.95. The van der Waals surface area contributed by atoms with Crippen LogP contribution in [0.1, 0.15) is 49.2 Å². The first kappa shape index (κ1) is 21.2. The number of carbonyl (C=O) groups excluding carboxylic acids is 3. The first-order valence-electron chi connectivity index (χ1n) is 9.32. The number of hydrogen-bond donors (Lipinski definition) is 1. The number of esters is 1. The number of rotatable bonds is 8. The van der Waals surface area contributed by atoms with Crippen molar-refractivity contribution in [2.75, 3.05) is 18.5 Å². The van der Waals surface area contributed by atoms with Crippen molar-refractivity contribution in [1.82, 2.24) is 4.90 Å². The number of para-hydroxylation sites is 1. The standard InChI is InChI=1S/C22H26N2O4/c1-4-28-22(27)19-12-8-9-13-20(19)23-21(26)14-15-24(17(3)25)16(2)18-10-6-5-7-11-18/h5-13,16H,4,14-15H2,1-3H3,(H,23,26). The van der Waals surface area contributed by atoms with Crippen LogP contribution in [0.5, 0.6) is 0 Å². The second-order valence-corrected chi connectivity index (χ2v) is 6.36. The van der Waals surface area contributed by atoms with E-state index in [0.717, 1.165) is 5.56 Å². The van der Waals surface area contributed by atoms with Crippen LogP contribution in [0.4, 0.5) is 5.69 Å². The predicted molar refractivity (Wildman–Crippen MR) is 108 cm³/mol. The lowest BCUT2D eigenvalue weighted by atomic mass is 10.1. The van der Waals surface area contributed by atoms with Crippen molar-refractivity contribution in [2.45, 2.75) is 33.2 Å². The Hall–Kier alpha value is -3.15. The molecule has 1 unspecified atom stereocenters. The summed E-state index contributed by atoms with van der Waals surface area (Å²) >= 11 is 0. The lowest BCUT2D eigenvalue weighted by Crippen LogP contribution is -2.34. The highest BCUT2D eigenvalue weighted by Crippen LogP contribution is 2.21. The van der Waals surface area contributed by atoms with Crippen LogP contribution in [0.15, 0.2) is 54.6 Å². The predicted octanol–water partition coefficient (Wildman–Crippen LogP) is 3.80. The lowest BCUT2D eigenvalue weighted by Gasteiger charge is -2.28. The zero-order valence-corrected chi connectivity index (χ0v) is 16.5. The Balaban J connectivity index is 2.03. The minimum Gasteiger partial charge on any atom is -0.462 e. The molecule has 0 radical (unpaired) electrons. The molecule has 1 atom stereocenters. The van der Waals surface area contributed by atoms with Gasteiger partial charge in [-0.15, -0.1) is 0 Å². The second-order valence-electron chi connectivity index (χ2n) is 6.36. The smallest absolute Gasteiger partial charge is 0.340 e. The Morgan fingerprint density at radius 2 is 1.68 bits per heavy atom. The van der Waals surface area contributed by atoms with Gasteiger partial charge in [-0.05, 0) is 31.5 Å². The minimum atomic E-state index is -0.485. The van der Waals surface area contributed by atoms with E-state index >= 15 is 0 Å². The highest BCUT2D eigenvalue weighted by atomic mass is 16.5. The average Bonchev–Trinajstić information content (AvgIpc) is 2.69. The van der Waals surface area contributed by atoms with Gasteiger partial charge in [0.15, 0.2) is 0 Å². The third kappa shape index (κ3) is 5.67. The third-order valence-electron chi connectivity index (χ3n) is 4.43. The highest BCUT2D eigenvalue weighted by Gasteiger charge is 2.20. The first-order chi connectivity index (χ1) is 13.4. The Morgan fingerprint density at radius 1 is 1.04 bits per heavy atom. The van der Waals surface area contributed by atoms with Crippen LogP contribution in [0.25, 0.3) is 0 Å². The molecule has 0 saturated carbocycles. The van der Waals surface area contributed by atoms with E-state index < -0.39 is 5.97 Å². The maximum atomic E-state index is 12.4. The van der Waals surface area contributed by atoms with Gasteiger partial charge in [0.25, 0.3) is 0 Å². The van der Waals surface area contributed by atoms with Crippen molar-refractivity contribution in [1.29, 1.82) is 0 Å². The first-order valence-corrected chi connectivity index (χ1v) is 9.32. The fourth-order valence-electron chi connectivity index (χ4n) is 2.95. The Labute approximate surface area is 165 Å². The normalized spacial score (nSPS) is 11.4. The molecule has 6 nitrogen and oxygen atoms in total. The fraction of sp³-hybridized carbons (Fsp3) is 0.318. The number of nitrogens with zero attached hydrogens (tertiary/aromatic N) is 1. The van der Waals surface area contributed by atoms with Gasteiger partial charge in [0.05, 0.1) is 23.9 Å². The van der Waals surface area contributed by atoms with E-state index in [4.69, 9.17) is 4.74 Å². The summed E-state index contributed by atoms with van der Waals surface area (Å²) in [6.07, 6.45) is 0.119. The molecular formula is C22H26N2O4. The molecule has 2 aromatic carbocycles. The van der Waals surface area contributed by atoms with Crippen molar-refractivity contribution in [3.8, 4) is 0 Å². The van der Waals surface area contributed by atoms with Crippen molar-refractivity contribution in [3.63, 3.8) is 0 Å². The van der Waals surface area contributed by atoms with Gasteiger partial charge in [0.2, 0.25) is 11.8 Å². The molecule has 0 aliphatic heterocycles. The highest BCUT2D eigenvalue weighted by molar-refractivity contribution is 6.01. The number of anilines is 1. The molecule has 0 heterocycles. The van der Waals surface area contributed by atoms with Crippen LogP contribution in [-0.2, 0) is 14.3 Å². The molecule has 1 N–H and O–H groups in total.